The van der Waals surface area contributed by atoms with Gasteiger partial charge in [0.2, 0.25) is 5.91 Å². The molecule has 2 atom stereocenters. The van der Waals surface area contributed by atoms with Crippen LogP contribution in [0.4, 0.5) is 0 Å². The lowest BCUT2D eigenvalue weighted by Crippen LogP contribution is -2.32. The lowest BCUT2D eigenvalue weighted by atomic mass is 10.1. The van der Waals surface area contributed by atoms with E-state index in [2.05, 4.69) is 10.1 Å². The van der Waals surface area contributed by atoms with Crippen LogP contribution in [-0.4, -0.2) is 31.7 Å². The van der Waals surface area contributed by atoms with E-state index in [-0.39, 0.29) is 30.4 Å². The first-order valence-corrected chi connectivity index (χ1v) is 7.58. The van der Waals surface area contributed by atoms with E-state index in [1.54, 1.807) is 0 Å². The summed E-state index contributed by atoms with van der Waals surface area (Å²) in [6, 6.07) is 3.48. The van der Waals surface area contributed by atoms with Gasteiger partial charge in [-0.15, -0.1) is 11.3 Å². The second-order valence-corrected chi connectivity index (χ2v) is 5.73. The first kappa shape index (κ1) is 15.0. The Morgan fingerprint density at radius 2 is 2.45 bits per heavy atom. The summed E-state index contributed by atoms with van der Waals surface area (Å²) in [6.07, 6.45) is 2.44. The normalized spacial score (nSPS) is 19.6. The van der Waals surface area contributed by atoms with Gasteiger partial charge >= 0.3 is 5.97 Å². The van der Waals surface area contributed by atoms with Crippen LogP contribution in [-0.2, 0) is 19.1 Å². The van der Waals surface area contributed by atoms with E-state index < -0.39 is 0 Å². The van der Waals surface area contributed by atoms with Gasteiger partial charge in [-0.05, 0) is 24.3 Å². The molecule has 1 aliphatic heterocycles. The van der Waals surface area contributed by atoms with Crippen molar-refractivity contribution < 1.29 is 19.1 Å². The number of esters is 1. The summed E-state index contributed by atoms with van der Waals surface area (Å²) in [5.74, 6) is -0.417. The predicted molar refractivity (Wildman–Crippen MR) is 75.4 cm³/mol. The Labute approximate surface area is 122 Å². The molecule has 0 aliphatic carbocycles. The molecule has 1 fully saturated rings. The number of carbonyl (C=O) groups is 2. The maximum atomic E-state index is 12.0. The maximum Gasteiger partial charge on any atom is 0.307 e. The smallest absolute Gasteiger partial charge is 0.307 e. The van der Waals surface area contributed by atoms with E-state index in [1.807, 2.05) is 17.5 Å². The van der Waals surface area contributed by atoms with Crippen molar-refractivity contribution >= 4 is 23.2 Å². The lowest BCUT2D eigenvalue weighted by molar-refractivity contribution is -0.141. The number of hydrogen-bond donors (Lipinski definition) is 1. The van der Waals surface area contributed by atoms with Gasteiger partial charge in [-0.1, -0.05) is 6.07 Å². The van der Waals surface area contributed by atoms with Crippen LogP contribution in [0.3, 0.4) is 0 Å². The molecule has 0 radical (unpaired) electrons. The molecule has 1 aromatic heterocycles. The van der Waals surface area contributed by atoms with Crippen LogP contribution in [0.25, 0.3) is 0 Å². The number of rotatable bonds is 6. The molecule has 110 valence electrons. The molecule has 1 amide bonds. The summed E-state index contributed by atoms with van der Waals surface area (Å²) < 4.78 is 10.1. The van der Waals surface area contributed by atoms with E-state index in [0.717, 1.165) is 24.3 Å². The summed E-state index contributed by atoms with van der Waals surface area (Å²) in [7, 11) is 1.35. The molecule has 1 aromatic rings. The van der Waals surface area contributed by atoms with Crippen molar-refractivity contribution in [2.75, 3.05) is 13.7 Å². The minimum atomic E-state index is -0.333. The van der Waals surface area contributed by atoms with Crippen molar-refractivity contribution in [2.24, 2.45) is 0 Å². The van der Waals surface area contributed by atoms with Crippen LogP contribution in [0.15, 0.2) is 17.5 Å². The monoisotopic (exact) mass is 297 g/mol. The number of hydrogen-bond acceptors (Lipinski definition) is 5. The topological polar surface area (TPSA) is 64.6 Å². The zero-order valence-corrected chi connectivity index (χ0v) is 12.3. The van der Waals surface area contributed by atoms with Crippen LogP contribution in [0.1, 0.15) is 36.6 Å². The summed E-state index contributed by atoms with van der Waals surface area (Å²) in [5.41, 5.74) is 0. The molecule has 2 heterocycles. The van der Waals surface area contributed by atoms with E-state index in [9.17, 15) is 9.59 Å². The van der Waals surface area contributed by atoms with Crippen molar-refractivity contribution in [3.8, 4) is 0 Å². The van der Waals surface area contributed by atoms with Gasteiger partial charge in [0, 0.05) is 11.5 Å². The van der Waals surface area contributed by atoms with Crippen LogP contribution >= 0.6 is 11.3 Å². The van der Waals surface area contributed by atoms with Gasteiger partial charge in [-0.2, -0.15) is 0 Å². The van der Waals surface area contributed by atoms with Crippen LogP contribution in [0.5, 0.6) is 0 Å². The maximum absolute atomic E-state index is 12.0. The van der Waals surface area contributed by atoms with Crippen molar-refractivity contribution in [3.05, 3.63) is 22.4 Å². The van der Waals surface area contributed by atoms with Crippen molar-refractivity contribution in [3.63, 3.8) is 0 Å². The number of thiophene rings is 1. The third-order valence-corrected chi connectivity index (χ3v) is 4.24. The number of amides is 1. The Kier molecular flexibility index (Phi) is 5.55. The summed E-state index contributed by atoms with van der Waals surface area (Å²) in [4.78, 5) is 24.4. The standard InChI is InChI=1S/C14H19NO4S/c1-18-14(17)9-11(12-5-3-7-20-12)15-13(16)8-10-4-2-6-19-10/h3,5,7,10-11H,2,4,6,8-9H2,1H3,(H,15,16)/t10-,11+/m0/s1. The van der Waals surface area contributed by atoms with E-state index in [0.29, 0.717) is 6.42 Å². The molecule has 1 saturated heterocycles. The fourth-order valence-electron chi connectivity index (χ4n) is 2.23. The zero-order chi connectivity index (χ0) is 14.4. The van der Waals surface area contributed by atoms with E-state index in [4.69, 9.17) is 4.74 Å². The minimum Gasteiger partial charge on any atom is -0.469 e. The Balaban J connectivity index is 1.92. The average Bonchev–Trinajstić information content (AvgIpc) is 3.10. The van der Waals surface area contributed by atoms with Gasteiger partial charge in [-0.25, -0.2) is 0 Å². The molecule has 0 unspecified atom stereocenters. The molecule has 0 spiro atoms. The molecule has 0 saturated carbocycles. The Bertz CT molecular complexity index is 440. The van der Waals surface area contributed by atoms with Crippen molar-refractivity contribution in [1.29, 1.82) is 0 Å². The van der Waals surface area contributed by atoms with Gasteiger partial charge in [0.25, 0.3) is 0 Å². The number of methoxy groups -OCH3 is 1. The van der Waals surface area contributed by atoms with E-state index in [1.165, 1.54) is 18.4 Å². The molecule has 5 nitrogen and oxygen atoms in total. The van der Waals surface area contributed by atoms with Gasteiger partial charge in [0.05, 0.1) is 32.1 Å². The molecular formula is C14H19NO4S. The van der Waals surface area contributed by atoms with Crippen molar-refractivity contribution in [2.45, 2.75) is 37.8 Å². The predicted octanol–water partition coefficient (Wildman–Crippen LogP) is 2.04. The van der Waals surface area contributed by atoms with Gasteiger partial charge in [-0.3, -0.25) is 9.59 Å². The summed E-state index contributed by atoms with van der Waals surface area (Å²) >= 11 is 1.51. The molecule has 1 aliphatic rings. The van der Waals surface area contributed by atoms with Crippen LogP contribution in [0.2, 0.25) is 0 Å². The number of carbonyl (C=O) groups excluding carboxylic acids is 2. The average molecular weight is 297 g/mol. The third kappa shape index (κ3) is 4.31. The van der Waals surface area contributed by atoms with Crippen LogP contribution in [0, 0.1) is 0 Å². The Hall–Kier alpha value is -1.40. The van der Waals surface area contributed by atoms with Gasteiger partial charge in [0.1, 0.15) is 0 Å². The fraction of sp³-hybridized carbons (Fsp3) is 0.571. The molecule has 0 bridgehead atoms. The molecular weight excluding hydrogens is 278 g/mol. The quantitative estimate of drug-likeness (QED) is 0.816. The fourth-order valence-corrected chi connectivity index (χ4v) is 3.01. The minimum absolute atomic E-state index is 0.0112. The summed E-state index contributed by atoms with van der Waals surface area (Å²) in [6.45, 7) is 0.731. The van der Waals surface area contributed by atoms with Gasteiger partial charge < -0.3 is 14.8 Å². The highest BCUT2D eigenvalue weighted by atomic mass is 32.1. The first-order chi connectivity index (χ1) is 9.69. The third-order valence-electron chi connectivity index (χ3n) is 3.26. The highest BCUT2D eigenvalue weighted by Gasteiger charge is 2.23. The van der Waals surface area contributed by atoms with Crippen molar-refractivity contribution in [1.82, 2.24) is 5.32 Å². The molecule has 2 rings (SSSR count). The zero-order valence-electron chi connectivity index (χ0n) is 11.5. The number of nitrogens with one attached hydrogen (secondary N) is 1. The summed E-state index contributed by atoms with van der Waals surface area (Å²) in [5, 5.41) is 4.82. The molecule has 1 N–H and O–H groups in total. The molecule has 20 heavy (non-hydrogen) atoms. The highest BCUT2D eigenvalue weighted by Crippen LogP contribution is 2.23. The highest BCUT2D eigenvalue weighted by molar-refractivity contribution is 7.10. The second-order valence-electron chi connectivity index (χ2n) is 4.75. The Morgan fingerprint density at radius 3 is 3.05 bits per heavy atom. The first-order valence-electron chi connectivity index (χ1n) is 6.70. The largest absolute Gasteiger partial charge is 0.469 e. The second kappa shape index (κ2) is 7.40. The SMILES string of the molecule is COC(=O)C[C@@H](NC(=O)C[C@@H]1CCCO1)c1cccs1. The molecule has 0 aromatic carbocycles. The van der Waals surface area contributed by atoms with Crippen LogP contribution < -0.4 is 5.32 Å². The lowest BCUT2D eigenvalue weighted by Gasteiger charge is -2.17. The number of ether oxygens (including phenoxy) is 2. The Morgan fingerprint density at radius 1 is 1.60 bits per heavy atom. The molecule has 6 heteroatoms. The van der Waals surface area contributed by atoms with Gasteiger partial charge in [0.15, 0.2) is 0 Å². The van der Waals surface area contributed by atoms with E-state index >= 15 is 0 Å².